The van der Waals surface area contributed by atoms with Crippen molar-refractivity contribution in [2.24, 2.45) is 16.3 Å². The molecule has 6 nitrogen and oxygen atoms in total. The first-order chi connectivity index (χ1) is 10.00. The summed E-state index contributed by atoms with van der Waals surface area (Å²) in [7, 11) is 0. The molecule has 0 aliphatic rings. The Morgan fingerprint density at radius 1 is 1.48 bits per heavy atom. The van der Waals surface area contributed by atoms with Gasteiger partial charge in [0.15, 0.2) is 5.84 Å². The topological polar surface area (TPSA) is 101 Å². The van der Waals surface area contributed by atoms with Crippen LogP contribution in [0, 0.1) is 12.3 Å². The highest BCUT2D eigenvalue weighted by Gasteiger charge is 2.41. The SMILES string of the molecule is CCCC(CCC)(C(=O)NCc1cnc(C)s1)C(N)=NO. The molecule has 0 radical (unpaired) electrons. The van der Waals surface area contributed by atoms with E-state index in [9.17, 15) is 4.79 Å². The van der Waals surface area contributed by atoms with Crippen LogP contribution in [0.1, 0.15) is 49.4 Å². The van der Waals surface area contributed by atoms with Crippen LogP contribution in [0.4, 0.5) is 0 Å². The number of nitrogens with zero attached hydrogens (tertiary/aromatic N) is 2. The lowest BCUT2D eigenvalue weighted by molar-refractivity contribution is -0.128. The van der Waals surface area contributed by atoms with Gasteiger partial charge in [0.25, 0.3) is 0 Å². The van der Waals surface area contributed by atoms with Crippen LogP contribution in [0.5, 0.6) is 0 Å². The molecule has 1 amide bonds. The Balaban J connectivity index is 2.88. The molecule has 0 aromatic carbocycles. The van der Waals surface area contributed by atoms with Gasteiger partial charge in [-0.1, -0.05) is 31.8 Å². The standard InChI is InChI=1S/C14H24N4O2S/c1-4-6-14(7-5-2,12(15)18-20)13(19)17-9-11-8-16-10(3)21-11/h8,20H,4-7,9H2,1-3H3,(H2,15,18)(H,17,19). The van der Waals surface area contributed by atoms with Crippen molar-refractivity contribution in [1.29, 1.82) is 0 Å². The zero-order chi connectivity index (χ0) is 15.9. The summed E-state index contributed by atoms with van der Waals surface area (Å²) in [5.41, 5.74) is 4.90. The maximum absolute atomic E-state index is 12.6. The van der Waals surface area contributed by atoms with Crippen molar-refractivity contribution in [1.82, 2.24) is 10.3 Å². The molecule has 0 aliphatic carbocycles. The Hall–Kier alpha value is -1.63. The van der Waals surface area contributed by atoms with Crippen molar-refractivity contribution in [3.05, 3.63) is 16.1 Å². The van der Waals surface area contributed by atoms with Crippen molar-refractivity contribution >= 4 is 23.1 Å². The number of hydrogen-bond donors (Lipinski definition) is 3. The lowest BCUT2D eigenvalue weighted by Crippen LogP contribution is -2.49. The first-order valence-electron chi connectivity index (χ1n) is 7.17. The predicted molar refractivity (Wildman–Crippen MR) is 84.4 cm³/mol. The average molecular weight is 312 g/mol. The number of nitrogens with two attached hydrogens (primary N) is 1. The number of thiazole rings is 1. The molecule has 0 atom stereocenters. The van der Waals surface area contributed by atoms with Gasteiger partial charge in [0.05, 0.1) is 11.6 Å². The predicted octanol–water partition coefficient (Wildman–Crippen LogP) is 2.40. The van der Waals surface area contributed by atoms with Crippen molar-refractivity contribution in [2.45, 2.75) is 53.0 Å². The first kappa shape index (κ1) is 17.4. The number of oxime groups is 1. The second-order valence-electron chi connectivity index (χ2n) is 5.10. The van der Waals surface area contributed by atoms with Gasteiger partial charge >= 0.3 is 0 Å². The van der Waals surface area contributed by atoms with E-state index in [1.807, 2.05) is 20.8 Å². The van der Waals surface area contributed by atoms with E-state index in [4.69, 9.17) is 10.9 Å². The monoisotopic (exact) mass is 312 g/mol. The number of amidine groups is 1. The van der Waals surface area contributed by atoms with Crippen molar-refractivity contribution < 1.29 is 10.0 Å². The van der Waals surface area contributed by atoms with Gasteiger partial charge in [-0.15, -0.1) is 11.3 Å². The number of hydrogen-bond acceptors (Lipinski definition) is 5. The summed E-state index contributed by atoms with van der Waals surface area (Å²) in [6.45, 7) is 6.30. The van der Waals surface area contributed by atoms with Crippen LogP contribution >= 0.6 is 11.3 Å². The third kappa shape index (κ3) is 4.17. The molecule has 1 aromatic heterocycles. The largest absolute Gasteiger partial charge is 0.409 e. The molecule has 0 aliphatic heterocycles. The van der Waals surface area contributed by atoms with Gasteiger partial charge in [-0.25, -0.2) is 4.98 Å². The molecule has 21 heavy (non-hydrogen) atoms. The summed E-state index contributed by atoms with van der Waals surface area (Å²) in [4.78, 5) is 17.8. The van der Waals surface area contributed by atoms with Gasteiger partial charge in [0.1, 0.15) is 5.41 Å². The van der Waals surface area contributed by atoms with Gasteiger partial charge in [-0.05, 0) is 19.8 Å². The number of amides is 1. The van der Waals surface area contributed by atoms with Gasteiger partial charge in [0.2, 0.25) is 5.91 Å². The molecule has 7 heteroatoms. The summed E-state index contributed by atoms with van der Waals surface area (Å²) in [6.07, 6.45) is 4.44. The van der Waals surface area contributed by atoms with E-state index in [2.05, 4.69) is 15.5 Å². The molecule has 0 spiro atoms. The maximum atomic E-state index is 12.6. The van der Waals surface area contributed by atoms with Crippen molar-refractivity contribution in [3.8, 4) is 0 Å². The molecule has 0 fully saturated rings. The van der Waals surface area contributed by atoms with Gasteiger partial charge < -0.3 is 16.3 Å². The summed E-state index contributed by atoms with van der Waals surface area (Å²) in [5, 5.41) is 16.0. The smallest absolute Gasteiger partial charge is 0.234 e. The Bertz CT molecular complexity index is 493. The molecule has 0 saturated heterocycles. The Labute approximate surface area is 129 Å². The number of rotatable bonds is 8. The van der Waals surface area contributed by atoms with Crippen LogP contribution in [0.3, 0.4) is 0 Å². The van der Waals surface area contributed by atoms with Gasteiger partial charge in [0, 0.05) is 11.1 Å². The van der Waals surface area contributed by atoms with E-state index in [0.717, 1.165) is 22.7 Å². The molecule has 0 unspecified atom stereocenters. The summed E-state index contributed by atoms with van der Waals surface area (Å²) >= 11 is 1.54. The van der Waals surface area contributed by atoms with Crippen LogP contribution < -0.4 is 11.1 Å². The number of carbonyl (C=O) groups excluding carboxylic acids is 1. The third-order valence-corrected chi connectivity index (χ3v) is 4.39. The molecule has 1 rings (SSSR count). The minimum Gasteiger partial charge on any atom is -0.409 e. The minimum atomic E-state index is -0.933. The van der Waals surface area contributed by atoms with Crippen LogP contribution in [-0.2, 0) is 11.3 Å². The first-order valence-corrected chi connectivity index (χ1v) is 7.99. The average Bonchev–Trinajstić information content (AvgIpc) is 2.89. The van der Waals surface area contributed by atoms with Crippen LogP contribution in [0.25, 0.3) is 0 Å². The molecule has 4 N–H and O–H groups in total. The quantitative estimate of drug-likeness (QED) is 0.297. The molecule has 118 valence electrons. The van der Waals surface area contributed by atoms with E-state index in [1.54, 1.807) is 17.5 Å². The minimum absolute atomic E-state index is 0.0100. The number of aromatic nitrogens is 1. The molecule has 0 saturated carbocycles. The normalized spacial score (nSPS) is 12.4. The van der Waals surface area contributed by atoms with Crippen molar-refractivity contribution in [2.75, 3.05) is 0 Å². The Morgan fingerprint density at radius 3 is 2.52 bits per heavy atom. The Kier molecular flexibility index (Phi) is 6.61. The Morgan fingerprint density at radius 2 is 2.10 bits per heavy atom. The van der Waals surface area contributed by atoms with E-state index in [-0.39, 0.29) is 11.7 Å². The molecular weight excluding hydrogens is 288 g/mol. The summed E-state index contributed by atoms with van der Waals surface area (Å²) in [5.74, 6) is -0.197. The van der Waals surface area contributed by atoms with E-state index in [0.29, 0.717) is 19.4 Å². The van der Waals surface area contributed by atoms with Gasteiger partial charge in [-0.2, -0.15) is 0 Å². The highest BCUT2D eigenvalue weighted by molar-refractivity contribution is 7.11. The van der Waals surface area contributed by atoms with Crippen LogP contribution in [0.2, 0.25) is 0 Å². The fourth-order valence-corrected chi connectivity index (χ4v) is 3.23. The van der Waals surface area contributed by atoms with E-state index >= 15 is 0 Å². The second-order valence-corrected chi connectivity index (χ2v) is 6.41. The maximum Gasteiger partial charge on any atom is 0.234 e. The van der Waals surface area contributed by atoms with Crippen molar-refractivity contribution in [3.63, 3.8) is 0 Å². The molecular formula is C14H24N4O2S. The fourth-order valence-electron chi connectivity index (χ4n) is 2.50. The summed E-state index contributed by atoms with van der Waals surface area (Å²) in [6, 6.07) is 0. The van der Waals surface area contributed by atoms with Crippen LogP contribution in [0.15, 0.2) is 11.4 Å². The van der Waals surface area contributed by atoms with E-state index < -0.39 is 5.41 Å². The fraction of sp³-hybridized carbons (Fsp3) is 0.643. The molecule has 0 bridgehead atoms. The highest BCUT2D eigenvalue weighted by atomic mass is 32.1. The molecule has 1 aromatic rings. The van der Waals surface area contributed by atoms with Gasteiger partial charge in [-0.3, -0.25) is 4.79 Å². The van der Waals surface area contributed by atoms with Crippen LogP contribution in [-0.4, -0.2) is 21.9 Å². The molecule has 1 heterocycles. The lowest BCUT2D eigenvalue weighted by Gasteiger charge is -2.30. The summed E-state index contributed by atoms with van der Waals surface area (Å²) < 4.78 is 0. The zero-order valence-corrected chi connectivity index (χ0v) is 13.7. The third-order valence-electron chi connectivity index (χ3n) is 3.48. The zero-order valence-electron chi connectivity index (χ0n) is 12.8. The highest BCUT2D eigenvalue weighted by Crippen LogP contribution is 2.31. The second kappa shape index (κ2) is 7.97. The number of carbonyl (C=O) groups is 1. The van der Waals surface area contributed by atoms with E-state index in [1.165, 1.54) is 0 Å². The number of aryl methyl sites for hydroxylation is 1. The lowest BCUT2D eigenvalue weighted by atomic mass is 9.77. The number of nitrogens with one attached hydrogen (secondary N) is 1.